The number of allylic oxidation sites excluding steroid dienone is 1. The Hall–Kier alpha value is -3.61. The summed E-state index contributed by atoms with van der Waals surface area (Å²) in [5.74, 6) is 6.83. The van der Waals surface area contributed by atoms with Crippen LogP contribution in [0, 0.1) is 24.2 Å². The number of amides is 1. The first kappa shape index (κ1) is 30.4. The Morgan fingerprint density at radius 2 is 1.59 bits per heavy atom. The monoisotopic (exact) mass is 556 g/mol. The smallest absolute Gasteiger partial charge is 0.230 e. The van der Waals surface area contributed by atoms with Crippen LogP contribution in [0.4, 0.5) is 5.69 Å². The van der Waals surface area contributed by atoms with Gasteiger partial charge in [0.05, 0.1) is 13.7 Å². The zero-order valence-electron chi connectivity index (χ0n) is 25.0. The summed E-state index contributed by atoms with van der Waals surface area (Å²) >= 11 is 0. The van der Waals surface area contributed by atoms with Gasteiger partial charge in [-0.25, -0.2) is 0 Å². The summed E-state index contributed by atoms with van der Waals surface area (Å²) in [6.45, 7) is 8.74. The van der Waals surface area contributed by atoms with Crippen molar-refractivity contribution in [1.82, 2.24) is 0 Å². The predicted molar refractivity (Wildman–Crippen MR) is 165 cm³/mol. The van der Waals surface area contributed by atoms with Crippen LogP contribution in [0.15, 0.2) is 84.9 Å². The molecule has 0 fully saturated rings. The molecule has 1 amide bonds. The second-order valence-electron chi connectivity index (χ2n) is 11.9. The molecular formula is C35H44N2O4. The first-order valence-corrected chi connectivity index (χ1v) is 14.5. The fourth-order valence-corrected chi connectivity index (χ4v) is 5.87. The van der Waals surface area contributed by atoms with Crippen molar-refractivity contribution in [2.45, 2.75) is 59.0 Å². The third-order valence-corrected chi connectivity index (χ3v) is 8.09. The summed E-state index contributed by atoms with van der Waals surface area (Å²) < 4.78 is 12.6. The third kappa shape index (κ3) is 7.19. The second-order valence-corrected chi connectivity index (χ2v) is 11.9. The highest BCUT2D eigenvalue weighted by atomic mass is 16.6. The lowest BCUT2D eigenvalue weighted by Gasteiger charge is -2.43. The second kappa shape index (κ2) is 13.4. The largest absolute Gasteiger partial charge is 0.497 e. The van der Waals surface area contributed by atoms with Crippen molar-refractivity contribution in [3.63, 3.8) is 0 Å². The standard InChI is InChI=1S/C35H44N2O4/c1-25-11-13-28(14-12-25)35(27-9-7-6-8-10-27,29-15-19-31(39-5)20-16-29)40-24-26(2)23-34(3,4)33(38)37-30-17-21-32(41-36)22-18-30/h7,9,11-22,26-27H,6,8,10,23-24,36H2,1-5H3,(H,37,38). The van der Waals surface area contributed by atoms with E-state index in [1.165, 1.54) is 5.56 Å². The predicted octanol–water partition coefficient (Wildman–Crippen LogP) is 7.56. The quantitative estimate of drug-likeness (QED) is 0.178. The minimum absolute atomic E-state index is 0.0408. The van der Waals surface area contributed by atoms with Gasteiger partial charge in [-0.1, -0.05) is 74.9 Å². The first-order valence-electron chi connectivity index (χ1n) is 14.5. The van der Waals surface area contributed by atoms with Crippen LogP contribution in [0.5, 0.6) is 11.5 Å². The van der Waals surface area contributed by atoms with Crippen LogP contribution in [0.3, 0.4) is 0 Å². The molecule has 0 bridgehead atoms. The van der Waals surface area contributed by atoms with E-state index in [0.717, 1.165) is 36.1 Å². The van der Waals surface area contributed by atoms with Gasteiger partial charge >= 0.3 is 0 Å². The van der Waals surface area contributed by atoms with Crippen LogP contribution in [0.25, 0.3) is 0 Å². The van der Waals surface area contributed by atoms with E-state index in [-0.39, 0.29) is 17.7 Å². The molecule has 0 aromatic heterocycles. The number of aryl methyl sites for hydroxylation is 1. The van der Waals surface area contributed by atoms with Gasteiger partial charge in [-0.2, -0.15) is 5.90 Å². The number of methoxy groups -OCH3 is 1. The molecule has 0 aliphatic heterocycles. The van der Waals surface area contributed by atoms with Crippen LogP contribution in [-0.2, 0) is 15.1 Å². The SMILES string of the molecule is COc1ccc(C(OCC(C)CC(C)(C)C(=O)Nc2ccc(ON)cc2)(c2ccc(C)cc2)C2C=CCCC2)cc1. The molecule has 3 unspecified atom stereocenters. The summed E-state index contributed by atoms with van der Waals surface area (Å²) in [5, 5.41) is 3.03. The molecule has 218 valence electrons. The highest BCUT2D eigenvalue weighted by Crippen LogP contribution is 2.46. The lowest BCUT2D eigenvalue weighted by Crippen LogP contribution is -2.41. The van der Waals surface area contributed by atoms with Crippen molar-refractivity contribution in [1.29, 1.82) is 0 Å². The van der Waals surface area contributed by atoms with Crippen molar-refractivity contribution in [3.05, 3.63) is 102 Å². The molecule has 3 atom stereocenters. The number of rotatable bonds is 12. The number of carbonyl (C=O) groups excluding carboxylic acids is 1. The van der Waals surface area contributed by atoms with Gasteiger partial charge in [0, 0.05) is 17.0 Å². The topological polar surface area (TPSA) is 82.8 Å². The molecule has 6 heteroatoms. The molecule has 4 rings (SSSR count). The molecule has 1 aliphatic carbocycles. The van der Waals surface area contributed by atoms with E-state index in [9.17, 15) is 4.79 Å². The molecular weight excluding hydrogens is 512 g/mol. The molecule has 6 nitrogen and oxygen atoms in total. The van der Waals surface area contributed by atoms with Crippen LogP contribution in [0.1, 0.15) is 63.1 Å². The number of nitrogens with two attached hydrogens (primary N) is 1. The van der Waals surface area contributed by atoms with E-state index in [4.69, 9.17) is 20.2 Å². The molecule has 1 aliphatic rings. The number of benzene rings is 3. The normalized spacial score (nSPS) is 17.4. The lowest BCUT2D eigenvalue weighted by molar-refractivity contribution is -0.125. The van der Waals surface area contributed by atoms with E-state index in [1.54, 1.807) is 31.4 Å². The fourth-order valence-electron chi connectivity index (χ4n) is 5.87. The van der Waals surface area contributed by atoms with Crippen LogP contribution < -0.4 is 20.8 Å². The van der Waals surface area contributed by atoms with Gasteiger partial charge in [0.15, 0.2) is 0 Å². The molecule has 0 radical (unpaired) electrons. The highest BCUT2D eigenvalue weighted by molar-refractivity contribution is 5.94. The zero-order chi connectivity index (χ0) is 29.5. The molecule has 41 heavy (non-hydrogen) atoms. The van der Waals surface area contributed by atoms with E-state index in [2.05, 4.69) is 67.7 Å². The molecule has 0 saturated carbocycles. The Bertz CT molecular complexity index is 1300. The fraction of sp³-hybridized carbons (Fsp3) is 0.400. The molecule has 3 aromatic rings. The molecule has 0 saturated heterocycles. The van der Waals surface area contributed by atoms with E-state index >= 15 is 0 Å². The van der Waals surface area contributed by atoms with Crippen LogP contribution in [-0.4, -0.2) is 19.6 Å². The van der Waals surface area contributed by atoms with Crippen LogP contribution in [0.2, 0.25) is 0 Å². The van der Waals surface area contributed by atoms with Crippen molar-refractivity contribution >= 4 is 11.6 Å². The van der Waals surface area contributed by atoms with Gasteiger partial charge in [-0.05, 0) is 86.1 Å². The summed E-state index contributed by atoms with van der Waals surface area (Å²) in [4.78, 5) is 18.0. The van der Waals surface area contributed by atoms with E-state index in [0.29, 0.717) is 24.5 Å². The number of hydrogen-bond acceptors (Lipinski definition) is 5. The van der Waals surface area contributed by atoms with Crippen molar-refractivity contribution in [2.24, 2.45) is 23.1 Å². The van der Waals surface area contributed by atoms with Crippen LogP contribution >= 0.6 is 0 Å². The van der Waals surface area contributed by atoms with Gasteiger partial charge in [0.25, 0.3) is 0 Å². The van der Waals surface area contributed by atoms with Gasteiger partial charge < -0.3 is 19.6 Å². The average molecular weight is 557 g/mol. The van der Waals surface area contributed by atoms with Gasteiger partial charge in [0.1, 0.15) is 17.1 Å². The minimum Gasteiger partial charge on any atom is -0.497 e. The summed E-state index contributed by atoms with van der Waals surface area (Å²) in [6.07, 6.45) is 8.52. The van der Waals surface area contributed by atoms with Gasteiger partial charge in [0.2, 0.25) is 5.91 Å². The summed E-state index contributed by atoms with van der Waals surface area (Å²) in [5.41, 5.74) is 2.89. The number of anilines is 1. The zero-order valence-corrected chi connectivity index (χ0v) is 25.0. The molecule has 0 spiro atoms. The average Bonchev–Trinajstić information content (AvgIpc) is 2.99. The van der Waals surface area contributed by atoms with Crippen molar-refractivity contribution in [2.75, 3.05) is 19.0 Å². The number of carbonyl (C=O) groups is 1. The van der Waals surface area contributed by atoms with E-state index in [1.807, 2.05) is 26.0 Å². The Labute approximate surface area is 244 Å². The number of ether oxygens (including phenoxy) is 2. The Kier molecular flexibility index (Phi) is 9.90. The Balaban J connectivity index is 1.59. The highest BCUT2D eigenvalue weighted by Gasteiger charge is 2.43. The van der Waals surface area contributed by atoms with Gasteiger partial charge in [-0.3, -0.25) is 4.79 Å². The van der Waals surface area contributed by atoms with Crippen molar-refractivity contribution < 1.29 is 19.1 Å². The molecule has 3 N–H and O–H groups in total. The maximum Gasteiger partial charge on any atom is 0.230 e. The maximum atomic E-state index is 13.3. The Morgan fingerprint density at radius 1 is 0.976 bits per heavy atom. The maximum absolute atomic E-state index is 13.3. The first-order chi connectivity index (χ1) is 19.7. The lowest BCUT2D eigenvalue weighted by atomic mass is 9.72. The van der Waals surface area contributed by atoms with E-state index < -0.39 is 11.0 Å². The minimum atomic E-state index is -0.662. The Morgan fingerprint density at radius 3 is 2.15 bits per heavy atom. The number of nitrogens with one attached hydrogen (secondary N) is 1. The third-order valence-electron chi connectivity index (χ3n) is 8.09. The van der Waals surface area contributed by atoms with Gasteiger partial charge in [-0.15, -0.1) is 0 Å². The summed E-state index contributed by atoms with van der Waals surface area (Å²) in [6, 6.07) is 24.0. The number of hydrogen-bond donors (Lipinski definition) is 2. The molecule has 0 heterocycles. The van der Waals surface area contributed by atoms with Crippen molar-refractivity contribution in [3.8, 4) is 11.5 Å². The summed E-state index contributed by atoms with van der Waals surface area (Å²) in [7, 11) is 1.69. The molecule has 3 aromatic carbocycles.